The largest absolute Gasteiger partial charge is 0.303 e. The molecule has 0 radical (unpaired) electrons. The lowest BCUT2D eigenvalue weighted by Crippen LogP contribution is -2.25. The zero-order chi connectivity index (χ0) is 11.3. The molecule has 0 spiro atoms. The lowest BCUT2D eigenvalue weighted by Gasteiger charge is -2.16. The highest BCUT2D eigenvalue weighted by Crippen LogP contribution is 2.17. The van der Waals surface area contributed by atoms with Crippen LogP contribution in [0.4, 0.5) is 0 Å². The van der Waals surface area contributed by atoms with Crippen molar-refractivity contribution in [1.82, 2.24) is 4.90 Å². The van der Waals surface area contributed by atoms with Crippen molar-refractivity contribution < 1.29 is 4.79 Å². The number of Topliss-reactive ketones (excluding diaryl/α,β-unsaturated/α-hetero) is 1. The zero-order valence-electron chi connectivity index (χ0n) is 9.75. The van der Waals surface area contributed by atoms with Crippen LogP contribution in [-0.2, 0) is 0 Å². The molecule has 15 heavy (non-hydrogen) atoms. The smallest absolute Gasteiger partial charge is 0.174 e. The van der Waals surface area contributed by atoms with Crippen molar-refractivity contribution in [3.8, 4) is 0 Å². The number of hydrogen-bond donors (Lipinski definition) is 0. The van der Waals surface area contributed by atoms with Crippen LogP contribution in [0.25, 0.3) is 0 Å². The Labute approximate surface area is 95.9 Å². The van der Waals surface area contributed by atoms with Crippen LogP contribution in [0.5, 0.6) is 0 Å². The lowest BCUT2D eigenvalue weighted by atomic mass is 10.1. The normalized spacial score (nSPS) is 10.9. The van der Waals surface area contributed by atoms with Gasteiger partial charge in [0, 0.05) is 13.0 Å². The predicted molar refractivity (Wildman–Crippen MR) is 65.8 cm³/mol. The number of rotatable bonds is 6. The minimum absolute atomic E-state index is 0.286. The van der Waals surface area contributed by atoms with Crippen molar-refractivity contribution in [1.29, 1.82) is 0 Å². The SMILES string of the molecule is CCN(CC)CCC(=O)c1sccc1C. The van der Waals surface area contributed by atoms with Crippen molar-refractivity contribution in [3.63, 3.8) is 0 Å². The molecule has 84 valence electrons. The average Bonchev–Trinajstić information content (AvgIpc) is 2.66. The number of ketones is 1. The first kappa shape index (κ1) is 12.4. The number of aryl methyl sites for hydroxylation is 1. The van der Waals surface area contributed by atoms with Gasteiger partial charge in [0.25, 0.3) is 0 Å². The molecule has 1 aromatic rings. The molecular formula is C12H19NOS. The number of carbonyl (C=O) groups excluding carboxylic acids is 1. The molecule has 0 atom stereocenters. The van der Waals surface area contributed by atoms with E-state index in [0.29, 0.717) is 6.42 Å². The van der Waals surface area contributed by atoms with Gasteiger partial charge in [-0.3, -0.25) is 4.79 Å². The van der Waals surface area contributed by atoms with Crippen LogP contribution in [-0.4, -0.2) is 30.3 Å². The van der Waals surface area contributed by atoms with Gasteiger partial charge in [-0.2, -0.15) is 0 Å². The molecule has 0 bridgehead atoms. The highest BCUT2D eigenvalue weighted by molar-refractivity contribution is 7.12. The Balaban J connectivity index is 2.47. The van der Waals surface area contributed by atoms with Gasteiger partial charge in [-0.25, -0.2) is 0 Å². The van der Waals surface area contributed by atoms with Crippen LogP contribution in [0.15, 0.2) is 11.4 Å². The molecule has 1 aromatic heterocycles. The van der Waals surface area contributed by atoms with Crippen molar-refractivity contribution >= 4 is 17.1 Å². The fourth-order valence-electron chi connectivity index (χ4n) is 1.57. The summed E-state index contributed by atoms with van der Waals surface area (Å²) in [5.74, 6) is 0.286. The summed E-state index contributed by atoms with van der Waals surface area (Å²) in [4.78, 5) is 15.1. The van der Waals surface area contributed by atoms with Gasteiger partial charge in [0.05, 0.1) is 4.88 Å². The first-order chi connectivity index (χ1) is 7.19. The fraction of sp³-hybridized carbons (Fsp3) is 0.583. The second kappa shape index (κ2) is 6.03. The standard InChI is InChI=1S/C12H19NOS/c1-4-13(5-2)8-6-11(14)12-10(3)7-9-15-12/h7,9H,4-6,8H2,1-3H3. The summed E-state index contributed by atoms with van der Waals surface area (Å²) >= 11 is 1.56. The minimum atomic E-state index is 0.286. The Morgan fingerprint density at radius 1 is 1.40 bits per heavy atom. The summed E-state index contributed by atoms with van der Waals surface area (Å²) in [5, 5.41) is 1.99. The number of hydrogen-bond acceptors (Lipinski definition) is 3. The third-order valence-electron chi connectivity index (χ3n) is 2.66. The third kappa shape index (κ3) is 3.43. The van der Waals surface area contributed by atoms with Crippen LogP contribution in [0.1, 0.15) is 35.5 Å². The van der Waals surface area contributed by atoms with Crippen LogP contribution in [0, 0.1) is 6.92 Å². The second-order valence-electron chi connectivity index (χ2n) is 3.63. The fourth-order valence-corrected chi connectivity index (χ4v) is 2.47. The van der Waals surface area contributed by atoms with Gasteiger partial charge in [-0.1, -0.05) is 13.8 Å². The van der Waals surface area contributed by atoms with E-state index in [1.807, 2.05) is 18.4 Å². The van der Waals surface area contributed by atoms with E-state index in [1.54, 1.807) is 11.3 Å². The molecule has 0 aliphatic rings. The van der Waals surface area contributed by atoms with E-state index < -0.39 is 0 Å². The molecule has 0 fully saturated rings. The van der Waals surface area contributed by atoms with E-state index in [9.17, 15) is 4.79 Å². The minimum Gasteiger partial charge on any atom is -0.303 e. The quantitative estimate of drug-likeness (QED) is 0.694. The van der Waals surface area contributed by atoms with E-state index >= 15 is 0 Å². The second-order valence-corrected chi connectivity index (χ2v) is 4.55. The summed E-state index contributed by atoms with van der Waals surface area (Å²) in [6.07, 6.45) is 0.642. The van der Waals surface area contributed by atoms with E-state index in [0.717, 1.165) is 30.1 Å². The number of nitrogens with zero attached hydrogens (tertiary/aromatic N) is 1. The van der Waals surface area contributed by atoms with Crippen LogP contribution in [0.3, 0.4) is 0 Å². The summed E-state index contributed by atoms with van der Waals surface area (Å²) in [5.41, 5.74) is 1.12. The summed E-state index contributed by atoms with van der Waals surface area (Å²) in [7, 11) is 0. The van der Waals surface area contributed by atoms with Gasteiger partial charge < -0.3 is 4.90 Å². The Morgan fingerprint density at radius 2 is 2.07 bits per heavy atom. The van der Waals surface area contributed by atoms with Gasteiger partial charge in [0.15, 0.2) is 5.78 Å². The van der Waals surface area contributed by atoms with E-state index in [1.165, 1.54) is 0 Å². The topological polar surface area (TPSA) is 20.3 Å². The molecular weight excluding hydrogens is 206 g/mol. The van der Waals surface area contributed by atoms with Crippen molar-refractivity contribution in [2.75, 3.05) is 19.6 Å². The Morgan fingerprint density at radius 3 is 2.53 bits per heavy atom. The van der Waals surface area contributed by atoms with E-state index in [-0.39, 0.29) is 5.78 Å². The molecule has 1 rings (SSSR count). The molecule has 2 nitrogen and oxygen atoms in total. The average molecular weight is 225 g/mol. The Kier molecular flexibility index (Phi) is 4.99. The van der Waals surface area contributed by atoms with Crippen molar-refractivity contribution in [3.05, 3.63) is 21.9 Å². The van der Waals surface area contributed by atoms with Crippen molar-refractivity contribution in [2.45, 2.75) is 27.2 Å². The Hall–Kier alpha value is -0.670. The zero-order valence-corrected chi connectivity index (χ0v) is 10.6. The molecule has 0 aromatic carbocycles. The number of thiophene rings is 1. The third-order valence-corrected chi connectivity index (χ3v) is 3.72. The van der Waals surface area contributed by atoms with Crippen molar-refractivity contribution in [2.24, 2.45) is 0 Å². The molecule has 0 aliphatic carbocycles. The van der Waals surface area contributed by atoms with E-state index in [2.05, 4.69) is 18.7 Å². The molecule has 3 heteroatoms. The molecule has 0 N–H and O–H groups in total. The molecule has 0 saturated carbocycles. The molecule has 0 saturated heterocycles. The highest BCUT2D eigenvalue weighted by Gasteiger charge is 2.11. The number of carbonyl (C=O) groups is 1. The lowest BCUT2D eigenvalue weighted by molar-refractivity contribution is 0.0970. The van der Waals surface area contributed by atoms with Gasteiger partial charge in [-0.05, 0) is 37.0 Å². The first-order valence-corrected chi connectivity index (χ1v) is 6.36. The van der Waals surface area contributed by atoms with Gasteiger partial charge in [0.1, 0.15) is 0 Å². The predicted octanol–water partition coefficient (Wildman–Crippen LogP) is 2.97. The van der Waals surface area contributed by atoms with Gasteiger partial charge >= 0.3 is 0 Å². The van der Waals surface area contributed by atoms with Gasteiger partial charge in [-0.15, -0.1) is 11.3 Å². The molecule has 0 aliphatic heterocycles. The van der Waals surface area contributed by atoms with Crippen LogP contribution in [0.2, 0.25) is 0 Å². The summed E-state index contributed by atoms with van der Waals surface area (Å²) < 4.78 is 0. The van der Waals surface area contributed by atoms with Crippen LogP contribution < -0.4 is 0 Å². The van der Waals surface area contributed by atoms with E-state index in [4.69, 9.17) is 0 Å². The van der Waals surface area contributed by atoms with Gasteiger partial charge in [0.2, 0.25) is 0 Å². The highest BCUT2D eigenvalue weighted by atomic mass is 32.1. The van der Waals surface area contributed by atoms with Crippen LogP contribution >= 0.6 is 11.3 Å². The first-order valence-electron chi connectivity index (χ1n) is 5.48. The Bertz CT molecular complexity index is 315. The maximum atomic E-state index is 11.8. The molecule has 0 unspecified atom stereocenters. The molecule has 1 heterocycles. The summed E-state index contributed by atoms with van der Waals surface area (Å²) in [6, 6.07) is 2.01. The monoisotopic (exact) mass is 225 g/mol. The molecule has 0 amide bonds. The summed E-state index contributed by atoms with van der Waals surface area (Å²) in [6.45, 7) is 9.18. The maximum absolute atomic E-state index is 11.8. The maximum Gasteiger partial charge on any atom is 0.174 e.